The van der Waals surface area contributed by atoms with Crippen molar-refractivity contribution < 1.29 is 14.3 Å². The molecule has 5 nitrogen and oxygen atoms in total. The van der Waals surface area contributed by atoms with Gasteiger partial charge in [0.1, 0.15) is 11.6 Å². The lowest BCUT2D eigenvalue weighted by Gasteiger charge is -2.28. The van der Waals surface area contributed by atoms with Crippen molar-refractivity contribution in [1.82, 2.24) is 10.2 Å². The zero-order valence-corrected chi connectivity index (χ0v) is 14.7. The second-order valence-electron chi connectivity index (χ2n) is 7.48. The topological polar surface area (TPSA) is 58.6 Å². The Morgan fingerprint density at radius 1 is 1.30 bits per heavy atom. The monoisotopic (exact) mass is 322 g/mol. The average Bonchev–Trinajstić information content (AvgIpc) is 2.96. The summed E-state index contributed by atoms with van der Waals surface area (Å²) in [7, 11) is 0. The molecule has 0 bridgehead atoms. The van der Waals surface area contributed by atoms with Crippen LogP contribution in [0.4, 0.5) is 4.79 Å². The molecule has 1 unspecified atom stereocenters. The predicted molar refractivity (Wildman–Crippen MR) is 90.1 cm³/mol. The molecule has 5 heteroatoms. The summed E-state index contributed by atoms with van der Waals surface area (Å²) in [5.74, 6) is -0.0511. The number of likely N-dealkylation sites (tertiary alicyclic amines) is 1. The molecule has 0 spiro atoms. The minimum absolute atomic E-state index is 0.0511. The molecule has 0 radical (unpaired) electrons. The lowest BCUT2D eigenvalue weighted by atomic mass is 9.97. The Morgan fingerprint density at radius 3 is 2.74 bits per heavy atom. The molecule has 23 heavy (non-hydrogen) atoms. The highest BCUT2D eigenvalue weighted by Crippen LogP contribution is 2.22. The van der Waals surface area contributed by atoms with Gasteiger partial charge in [0.25, 0.3) is 0 Å². The molecule has 1 N–H and O–H groups in total. The first kappa shape index (κ1) is 17.8. The van der Waals surface area contributed by atoms with Gasteiger partial charge in [0.2, 0.25) is 5.91 Å². The number of nitrogens with one attached hydrogen (secondary N) is 1. The van der Waals surface area contributed by atoms with Crippen molar-refractivity contribution in [3.05, 3.63) is 11.6 Å². The van der Waals surface area contributed by atoms with Crippen LogP contribution in [0.5, 0.6) is 0 Å². The van der Waals surface area contributed by atoms with E-state index in [2.05, 4.69) is 11.4 Å². The minimum atomic E-state index is -0.534. The number of carbonyl (C=O) groups is 2. The molecule has 2 aliphatic rings. The summed E-state index contributed by atoms with van der Waals surface area (Å²) >= 11 is 0. The van der Waals surface area contributed by atoms with E-state index < -0.39 is 5.60 Å². The predicted octanol–water partition coefficient (Wildman–Crippen LogP) is 3.39. The van der Waals surface area contributed by atoms with Gasteiger partial charge in [-0.3, -0.25) is 9.69 Å². The summed E-state index contributed by atoms with van der Waals surface area (Å²) in [6.07, 6.45) is 9.27. The van der Waals surface area contributed by atoms with E-state index >= 15 is 0 Å². The van der Waals surface area contributed by atoms with Gasteiger partial charge in [0.15, 0.2) is 0 Å². The van der Waals surface area contributed by atoms with Gasteiger partial charge in [-0.05, 0) is 65.7 Å². The number of allylic oxidation sites excluding steroid dienone is 1. The van der Waals surface area contributed by atoms with Gasteiger partial charge < -0.3 is 10.1 Å². The second kappa shape index (κ2) is 7.84. The zero-order valence-electron chi connectivity index (χ0n) is 14.7. The van der Waals surface area contributed by atoms with Crippen LogP contribution in [0.25, 0.3) is 0 Å². The van der Waals surface area contributed by atoms with Crippen LogP contribution in [0.3, 0.4) is 0 Å². The summed E-state index contributed by atoms with van der Waals surface area (Å²) in [4.78, 5) is 26.2. The first-order valence-electron chi connectivity index (χ1n) is 8.82. The number of ether oxygens (including phenoxy) is 1. The Bertz CT molecular complexity index is 465. The van der Waals surface area contributed by atoms with E-state index in [1.807, 2.05) is 20.8 Å². The molecule has 1 aliphatic carbocycles. The molecular formula is C18H30N2O3. The third-order valence-electron chi connectivity index (χ3n) is 4.31. The van der Waals surface area contributed by atoms with Crippen LogP contribution in [-0.4, -0.2) is 41.6 Å². The standard InChI is InChI=1S/C18H30N2O3/c1-18(2,3)23-17(22)20-13-7-10-15(20)16(21)19-12-11-14-8-5-4-6-9-14/h8,15H,4-7,9-13H2,1-3H3,(H,19,21). The van der Waals surface area contributed by atoms with E-state index in [1.165, 1.54) is 24.8 Å². The largest absolute Gasteiger partial charge is 0.444 e. The first-order valence-corrected chi connectivity index (χ1v) is 8.82. The summed E-state index contributed by atoms with van der Waals surface area (Å²) < 4.78 is 5.40. The lowest BCUT2D eigenvalue weighted by molar-refractivity contribution is -0.125. The Labute approximate surface area is 139 Å². The van der Waals surface area contributed by atoms with Crippen LogP contribution >= 0.6 is 0 Å². The van der Waals surface area contributed by atoms with Crippen LogP contribution in [0, 0.1) is 0 Å². The molecule has 1 fully saturated rings. The first-order chi connectivity index (χ1) is 10.9. The highest BCUT2D eigenvalue weighted by Gasteiger charge is 2.36. The summed E-state index contributed by atoms with van der Waals surface area (Å²) in [6.45, 7) is 6.78. The Balaban J connectivity index is 1.80. The van der Waals surface area contributed by atoms with Gasteiger partial charge in [-0.15, -0.1) is 0 Å². The Morgan fingerprint density at radius 2 is 2.09 bits per heavy atom. The van der Waals surface area contributed by atoms with Gasteiger partial charge >= 0.3 is 6.09 Å². The second-order valence-corrected chi connectivity index (χ2v) is 7.48. The molecule has 2 amide bonds. The molecule has 1 heterocycles. The van der Waals surface area contributed by atoms with Crippen LogP contribution in [0.2, 0.25) is 0 Å². The highest BCUT2D eigenvalue weighted by atomic mass is 16.6. The fraction of sp³-hybridized carbons (Fsp3) is 0.778. The van der Waals surface area contributed by atoms with Crippen LogP contribution in [0.15, 0.2) is 11.6 Å². The van der Waals surface area contributed by atoms with Crippen LogP contribution in [-0.2, 0) is 9.53 Å². The van der Waals surface area contributed by atoms with E-state index in [-0.39, 0.29) is 18.0 Å². The van der Waals surface area contributed by atoms with Crippen LogP contribution in [0.1, 0.15) is 65.7 Å². The number of hydrogen-bond acceptors (Lipinski definition) is 3. The maximum Gasteiger partial charge on any atom is 0.410 e. The number of rotatable bonds is 4. The normalized spacial score (nSPS) is 21.8. The number of hydrogen-bond donors (Lipinski definition) is 1. The average molecular weight is 322 g/mol. The third-order valence-corrected chi connectivity index (χ3v) is 4.31. The molecule has 130 valence electrons. The molecule has 1 saturated heterocycles. The number of carbonyl (C=O) groups excluding carboxylic acids is 2. The van der Waals surface area contributed by atoms with E-state index in [0.717, 1.165) is 19.3 Å². The minimum Gasteiger partial charge on any atom is -0.444 e. The smallest absolute Gasteiger partial charge is 0.410 e. The summed E-state index contributed by atoms with van der Waals surface area (Å²) in [6, 6.07) is -0.384. The fourth-order valence-electron chi connectivity index (χ4n) is 3.17. The van der Waals surface area contributed by atoms with E-state index in [1.54, 1.807) is 4.90 Å². The molecular weight excluding hydrogens is 292 g/mol. The van der Waals surface area contributed by atoms with Crippen molar-refractivity contribution in [1.29, 1.82) is 0 Å². The van der Waals surface area contributed by atoms with Gasteiger partial charge in [-0.1, -0.05) is 11.6 Å². The number of amides is 2. The molecule has 0 saturated carbocycles. The zero-order chi connectivity index (χ0) is 16.9. The molecule has 0 aromatic rings. The maximum atomic E-state index is 12.4. The van der Waals surface area contributed by atoms with E-state index in [4.69, 9.17) is 4.74 Å². The van der Waals surface area contributed by atoms with Crippen molar-refractivity contribution in [3.63, 3.8) is 0 Å². The Kier molecular flexibility index (Phi) is 6.08. The molecule has 0 aromatic carbocycles. The van der Waals surface area contributed by atoms with Gasteiger partial charge in [0, 0.05) is 13.1 Å². The highest BCUT2D eigenvalue weighted by molar-refractivity contribution is 5.86. The van der Waals surface area contributed by atoms with Gasteiger partial charge in [-0.25, -0.2) is 4.79 Å². The maximum absolute atomic E-state index is 12.4. The van der Waals surface area contributed by atoms with E-state index in [0.29, 0.717) is 19.5 Å². The van der Waals surface area contributed by atoms with Crippen molar-refractivity contribution in [2.24, 2.45) is 0 Å². The van der Waals surface area contributed by atoms with Crippen LogP contribution < -0.4 is 5.32 Å². The van der Waals surface area contributed by atoms with Crippen molar-refractivity contribution in [3.8, 4) is 0 Å². The number of nitrogens with zero attached hydrogens (tertiary/aromatic N) is 1. The molecule has 0 aromatic heterocycles. The SMILES string of the molecule is CC(C)(C)OC(=O)N1CCCC1C(=O)NCCC1=CCCCC1. The third kappa shape index (κ3) is 5.56. The summed E-state index contributed by atoms with van der Waals surface area (Å²) in [5, 5.41) is 2.99. The molecule has 1 aliphatic heterocycles. The molecule has 2 rings (SSSR count). The van der Waals surface area contributed by atoms with Gasteiger partial charge in [0.05, 0.1) is 0 Å². The summed E-state index contributed by atoms with van der Waals surface area (Å²) in [5.41, 5.74) is 0.917. The Hall–Kier alpha value is -1.52. The van der Waals surface area contributed by atoms with Gasteiger partial charge in [-0.2, -0.15) is 0 Å². The fourth-order valence-corrected chi connectivity index (χ4v) is 3.17. The van der Waals surface area contributed by atoms with Crippen molar-refractivity contribution in [2.75, 3.05) is 13.1 Å². The molecule has 1 atom stereocenters. The lowest BCUT2D eigenvalue weighted by Crippen LogP contribution is -2.47. The van der Waals surface area contributed by atoms with Crippen molar-refractivity contribution >= 4 is 12.0 Å². The van der Waals surface area contributed by atoms with E-state index in [9.17, 15) is 9.59 Å². The quantitative estimate of drug-likeness (QED) is 0.807. The van der Waals surface area contributed by atoms with Crippen molar-refractivity contribution in [2.45, 2.75) is 77.4 Å².